The van der Waals surface area contributed by atoms with Crippen LogP contribution in [0.2, 0.25) is 0 Å². The van der Waals surface area contributed by atoms with Crippen LogP contribution >= 0.6 is 15.9 Å². The van der Waals surface area contributed by atoms with Gasteiger partial charge in [-0.05, 0) is 28.1 Å². The van der Waals surface area contributed by atoms with Gasteiger partial charge in [0.05, 0.1) is 10.0 Å². The van der Waals surface area contributed by atoms with E-state index in [9.17, 15) is 13.9 Å². The summed E-state index contributed by atoms with van der Waals surface area (Å²) in [7, 11) is 0. The second kappa shape index (κ2) is 3.28. The molecular weight excluding hydrogens is 218 g/mol. The Labute approximate surface area is 70.8 Å². The summed E-state index contributed by atoms with van der Waals surface area (Å²) in [5.74, 6) is -1.60. The van der Waals surface area contributed by atoms with Gasteiger partial charge in [0, 0.05) is 0 Å². The number of benzene rings is 1. The van der Waals surface area contributed by atoms with E-state index < -0.39 is 23.8 Å². The Kier molecular flexibility index (Phi) is 2.57. The highest BCUT2D eigenvalue weighted by Crippen LogP contribution is 2.21. The molecule has 11 heavy (non-hydrogen) atoms. The first-order valence-corrected chi connectivity index (χ1v) is 3.66. The van der Waals surface area contributed by atoms with Crippen LogP contribution in [0.5, 0.6) is 0 Å². The molecule has 0 heterocycles. The highest BCUT2D eigenvalue weighted by Gasteiger charge is 2.10. The van der Waals surface area contributed by atoms with E-state index >= 15 is 0 Å². The Balaban J connectivity index is 3.29. The molecule has 0 aliphatic heterocycles. The molecule has 59 valence electrons. The van der Waals surface area contributed by atoms with E-state index in [-0.39, 0.29) is 4.47 Å². The SMILES string of the molecule is [O]Cc1c(F)ccc(Br)c1F. The highest BCUT2D eigenvalue weighted by atomic mass is 79.9. The molecule has 0 unspecified atom stereocenters. The van der Waals surface area contributed by atoms with E-state index in [2.05, 4.69) is 15.9 Å². The topological polar surface area (TPSA) is 19.9 Å². The standard InChI is InChI=1S/C7H4BrF2O/c8-5-1-2-6(9)4(3-11)7(5)10/h1-2H,3H2. The van der Waals surface area contributed by atoms with E-state index in [4.69, 9.17) is 0 Å². The first-order valence-electron chi connectivity index (χ1n) is 2.87. The van der Waals surface area contributed by atoms with Gasteiger partial charge in [0.2, 0.25) is 0 Å². The Hall–Kier alpha value is -0.480. The van der Waals surface area contributed by atoms with E-state index in [1.165, 1.54) is 6.07 Å². The molecule has 0 aliphatic carbocycles. The van der Waals surface area contributed by atoms with Crippen molar-refractivity contribution >= 4 is 15.9 Å². The number of rotatable bonds is 1. The largest absolute Gasteiger partial charge is 0.231 e. The molecule has 0 N–H and O–H groups in total. The summed E-state index contributed by atoms with van der Waals surface area (Å²) in [6, 6.07) is 2.28. The van der Waals surface area contributed by atoms with E-state index in [0.717, 1.165) is 6.07 Å². The van der Waals surface area contributed by atoms with Crippen LogP contribution in [0.1, 0.15) is 5.56 Å². The Morgan fingerprint density at radius 2 is 2.00 bits per heavy atom. The molecule has 0 atom stereocenters. The van der Waals surface area contributed by atoms with E-state index in [1.807, 2.05) is 0 Å². The van der Waals surface area contributed by atoms with Crippen LogP contribution in [-0.2, 0) is 11.7 Å². The van der Waals surface area contributed by atoms with Gasteiger partial charge in [0.15, 0.2) is 0 Å². The maximum Gasteiger partial charge on any atom is 0.145 e. The highest BCUT2D eigenvalue weighted by molar-refractivity contribution is 9.10. The zero-order chi connectivity index (χ0) is 8.43. The quantitative estimate of drug-likeness (QED) is 0.651. The zero-order valence-electron chi connectivity index (χ0n) is 5.40. The average molecular weight is 222 g/mol. The summed E-state index contributed by atoms with van der Waals surface area (Å²) in [5, 5.41) is 10.2. The predicted molar refractivity (Wildman–Crippen MR) is 38.4 cm³/mol. The molecule has 0 aromatic heterocycles. The van der Waals surface area contributed by atoms with E-state index in [0.29, 0.717) is 0 Å². The van der Waals surface area contributed by atoms with Crippen molar-refractivity contribution in [3.8, 4) is 0 Å². The molecule has 1 rings (SSSR count). The van der Waals surface area contributed by atoms with E-state index in [1.54, 1.807) is 0 Å². The first kappa shape index (κ1) is 8.62. The second-order valence-corrected chi connectivity index (χ2v) is 2.82. The Bertz CT molecular complexity index is 275. The third-order valence-corrected chi connectivity index (χ3v) is 1.90. The maximum atomic E-state index is 12.8. The van der Waals surface area contributed by atoms with Gasteiger partial charge >= 0.3 is 0 Å². The molecule has 0 fully saturated rings. The molecule has 0 saturated carbocycles. The fraction of sp³-hybridized carbons (Fsp3) is 0.143. The fourth-order valence-electron chi connectivity index (χ4n) is 0.701. The number of halogens is 3. The lowest BCUT2D eigenvalue weighted by atomic mass is 10.2. The van der Waals surface area contributed by atoms with Crippen LogP contribution in [-0.4, -0.2) is 0 Å². The van der Waals surface area contributed by atoms with Gasteiger partial charge in [0.25, 0.3) is 0 Å². The van der Waals surface area contributed by atoms with Crippen LogP contribution in [0.4, 0.5) is 8.78 Å². The fourth-order valence-corrected chi connectivity index (χ4v) is 1.07. The van der Waals surface area contributed by atoms with Gasteiger partial charge in [-0.2, -0.15) is 0 Å². The van der Waals surface area contributed by atoms with Crippen molar-refractivity contribution in [1.82, 2.24) is 0 Å². The monoisotopic (exact) mass is 221 g/mol. The minimum Gasteiger partial charge on any atom is -0.231 e. The predicted octanol–water partition coefficient (Wildman–Crippen LogP) is 2.66. The summed E-state index contributed by atoms with van der Waals surface area (Å²) in [6.07, 6.45) is 0. The summed E-state index contributed by atoms with van der Waals surface area (Å²) >= 11 is 2.84. The van der Waals surface area contributed by atoms with Gasteiger partial charge in [-0.15, -0.1) is 0 Å². The molecule has 0 amide bonds. The third-order valence-electron chi connectivity index (χ3n) is 1.28. The van der Waals surface area contributed by atoms with Crippen LogP contribution in [0.15, 0.2) is 16.6 Å². The summed E-state index contributed by atoms with van der Waals surface area (Å²) in [6.45, 7) is -0.878. The van der Waals surface area contributed by atoms with Gasteiger partial charge in [-0.3, -0.25) is 0 Å². The summed E-state index contributed by atoms with van der Waals surface area (Å²) in [4.78, 5) is 0. The average Bonchev–Trinajstić information content (AvgIpc) is 1.99. The van der Waals surface area contributed by atoms with Crippen molar-refractivity contribution in [3.63, 3.8) is 0 Å². The van der Waals surface area contributed by atoms with Crippen LogP contribution in [0.25, 0.3) is 0 Å². The smallest absolute Gasteiger partial charge is 0.145 e. The number of hydrogen-bond acceptors (Lipinski definition) is 0. The van der Waals surface area contributed by atoms with Crippen molar-refractivity contribution in [2.24, 2.45) is 0 Å². The van der Waals surface area contributed by atoms with Gasteiger partial charge in [0.1, 0.15) is 18.2 Å². The maximum absolute atomic E-state index is 12.8. The van der Waals surface area contributed by atoms with Crippen molar-refractivity contribution in [3.05, 3.63) is 33.8 Å². The van der Waals surface area contributed by atoms with Crippen LogP contribution < -0.4 is 0 Å². The number of hydrogen-bond donors (Lipinski definition) is 0. The zero-order valence-corrected chi connectivity index (χ0v) is 6.99. The molecule has 0 saturated heterocycles. The second-order valence-electron chi connectivity index (χ2n) is 1.97. The minimum atomic E-state index is -0.878. The van der Waals surface area contributed by atoms with Gasteiger partial charge in [-0.1, -0.05) is 0 Å². The molecule has 0 spiro atoms. The molecule has 0 aliphatic rings. The minimum absolute atomic E-state index is 0.116. The lowest BCUT2D eigenvalue weighted by molar-refractivity contribution is 0.169. The molecule has 0 bridgehead atoms. The Morgan fingerprint density at radius 3 is 2.45 bits per heavy atom. The van der Waals surface area contributed by atoms with Gasteiger partial charge in [-0.25, -0.2) is 13.9 Å². The summed E-state index contributed by atoms with van der Waals surface area (Å²) < 4.78 is 25.5. The van der Waals surface area contributed by atoms with Gasteiger partial charge < -0.3 is 0 Å². The van der Waals surface area contributed by atoms with Crippen molar-refractivity contribution in [2.75, 3.05) is 0 Å². The van der Waals surface area contributed by atoms with Crippen molar-refractivity contribution in [2.45, 2.75) is 6.61 Å². The van der Waals surface area contributed by atoms with Crippen LogP contribution in [0.3, 0.4) is 0 Å². The molecule has 1 nitrogen and oxygen atoms in total. The molecule has 1 aromatic rings. The lowest BCUT2D eigenvalue weighted by Crippen LogP contribution is -1.94. The van der Waals surface area contributed by atoms with Crippen molar-refractivity contribution < 1.29 is 13.9 Å². The Morgan fingerprint density at radius 1 is 1.36 bits per heavy atom. The first-order chi connectivity index (χ1) is 5.16. The molecule has 1 aromatic carbocycles. The molecule has 1 radical (unpaired) electrons. The normalized spacial score (nSPS) is 10.2. The summed E-state index contributed by atoms with van der Waals surface area (Å²) in [5.41, 5.74) is -0.417. The van der Waals surface area contributed by atoms with Crippen molar-refractivity contribution in [1.29, 1.82) is 0 Å². The molecule has 4 heteroatoms. The van der Waals surface area contributed by atoms with Crippen LogP contribution in [0, 0.1) is 11.6 Å². The third kappa shape index (κ3) is 1.57. The lowest BCUT2D eigenvalue weighted by Gasteiger charge is -2.00. The molecular formula is C7H4BrF2O.